The Morgan fingerprint density at radius 1 is 0.282 bits per heavy atom. The molecule has 11 rings (SSSR count). The van der Waals surface area contributed by atoms with Gasteiger partial charge in [-0.15, -0.1) is 0 Å². The average Bonchev–Trinajstić information content (AvgIpc) is 0.862. The first-order valence-electron chi connectivity index (χ1n) is 53.8. The highest BCUT2D eigenvalue weighted by Crippen LogP contribution is 2.30. The Morgan fingerprint density at radius 3 is 0.782 bits per heavy atom. The summed E-state index contributed by atoms with van der Waals surface area (Å²) in [7, 11) is 4.20. The molecule has 27 heteroatoms. The highest BCUT2D eigenvalue weighted by Gasteiger charge is 2.16. The van der Waals surface area contributed by atoms with Crippen LogP contribution in [0, 0.1) is 0 Å². The molecule has 4 saturated heterocycles. The normalized spacial score (nSPS) is 13.9. The minimum Gasteiger partial charge on any atom is -0.508 e. The number of unbranched alkanes of at least 4 members (excludes halogenated alkanes) is 28. The number of ether oxygens (including phenoxy) is 11. The van der Waals surface area contributed by atoms with Gasteiger partial charge in [0.25, 0.3) is 0 Å². The number of Topliss-reactive ketones (excluding diaryl/α,β-unsaturated/α-hetero) is 1. The van der Waals surface area contributed by atoms with E-state index in [0.717, 1.165) is 214 Å². The number of carbonyl (C=O) groups excluding carboxylic acids is 1. The van der Waals surface area contributed by atoms with E-state index < -0.39 is 0 Å². The maximum absolute atomic E-state index is 11.4. The predicted octanol–water partition coefficient (Wildman–Crippen LogP) is 20.7. The third-order valence-electron chi connectivity index (χ3n) is 24.7. The first-order chi connectivity index (χ1) is 69.6. The fraction of sp³-hybridized carbons (Fsp3) is 0.626. The second-order valence-electron chi connectivity index (χ2n) is 36.9. The van der Waals surface area contributed by atoms with Crippen LogP contribution in [0.25, 0.3) is 0 Å². The number of nitrogens with two attached hydrogens (primary N) is 1. The van der Waals surface area contributed by atoms with Gasteiger partial charge in [0.1, 0.15) is 28.7 Å². The maximum Gasteiger partial charge on any atom is 0.163 e. The van der Waals surface area contributed by atoms with Crippen molar-refractivity contribution < 1.29 is 97.8 Å². The smallest absolute Gasteiger partial charge is 0.163 e. The summed E-state index contributed by atoms with van der Waals surface area (Å²) < 4.78 is 60.5. The molecule has 0 atom stereocenters. The molecule has 0 spiro atoms. The number of ketones is 1. The Morgan fingerprint density at radius 2 is 0.514 bits per heavy atom. The Bertz CT molecular complexity index is 4040. The van der Waals surface area contributed by atoms with E-state index in [9.17, 15) is 25.2 Å². The van der Waals surface area contributed by atoms with Gasteiger partial charge in [0.05, 0.1) is 118 Å². The topological polar surface area (TPSA) is 326 Å². The lowest BCUT2D eigenvalue weighted by atomic mass is 10.1. The molecule has 10 N–H and O–H groups in total. The van der Waals surface area contributed by atoms with Crippen LogP contribution in [0.4, 0.5) is 0 Å². The molecule has 0 aromatic heterocycles. The van der Waals surface area contributed by atoms with Crippen molar-refractivity contribution in [3.05, 3.63) is 175 Å². The van der Waals surface area contributed by atoms with Crippen LogP contribution >= 0.6 is 0 Å². The number of para-hydroxylation sites is 9. The summed E-state index contributed by atoms with van der Waals surface area (Å²) >= 11 is 0. The lowest BCUT2D eigenvalue weighted by molar-refractivity contribution is 0.0370. The molecule has 4 heterocycles. The molecule has 27 nitrogen and oxygen atoms in total. The number of morpholine rings is 4. The van der Waals surface area contributed by atoms with Crippen LogP contribution in [-0.2, 0) is 18.9 Å². The summed E-state index contributed by atoms with van der Waals surface area (Å²) in [6.45, 7) is 31.6. The fourth-order valence-electron chi connectivity index (χ4n) is 16.2. The number of nitrogens with zero attached hydrogens (tertiary/aromatic N) is 6. The van der Waals surface area contributed by atoms with Gasteiger partial charge in [-0.2, -0.15) is 0 Å². The minimum atomic E-state index is 0.0570. The first-order valence-corrected chi connectivity index (χ1v) is 53.8. The van der Waals surface area contributed by atoms with E-state index in [0.29, 0.717) is 80.4 Å². The largest absolute Gasteiger partial charge is 0.508 e. The summed E-state index contributed by atoms with van der Waals surface area (Å²) in [6, 6.07) is 49.7. The molecule has 0 aliphatic carbocycles. The lowest BCUT2D eigenvalue weighted by Gasteiger charge is -2.26. The number of phenolic OH excluding ortho intramolecular Hbond substituents is 6. The SMILES string of the molecule is CC(=O)c1ccccc1OCCCCCCN(C)C.NCCCCCCCCOc1ccc(O)cc1.OCCN(CCO)CCCCCCCCOc1ccccc1O.Oc1ccc(OCCCCCCN2CCOCC2)cc1.Oc1ccccc1OCCCCCCCCN1CCOCC1.Oc1ccccc1OCCCCCCCN1CCOCC1.Oc1ccccc1OCCCCCCN1CCOCC1. The summed E-state index contributed by atoms with van der Waals surface area (Å²) in [5.74, 6) is 6.17. The molecule has 0 amide bonds. The number of aliphatic hydroxyl groups is 2. The van der Waals surface area contributed by atoms with Crippen LogP contribution < -0.4 is 38.9 Å². The van der Waals surface area contributed by atoms with Crippen molar-refractivity contribution in [1.82, 2.24) is 29.4 Å². The van der Waals surface area contributed by atoms with Crippen LogP contribution in [0.3, 0.4) is 0 Å². The molecule has 0 radical (unpaired) electrons. The second kappa shape index (κ2) is 86.4. The van der Waals surface area contributed by atoms with Gasteiger partial charge in [-0.05, 0) is 266 Å². The van der Waals surface area contributed by atoms with E-state index in [-0.39, 0.29) is 53.5 Å². The molecule has 800 valence electrons. The molecule has 7 aromatic rings. The maximum atomic E-state index is 11.4. The number of carbonyl (C=O) groups is 1. The first kappa shape index (κ1) is 124. The fourth-order valence-corrected chi connectivity index (χ4v) is 16.2. The van der Waals surface area contributed by atoms with Crippen LogP contribution in [0.5, 0.6) is 74.7 Å². The molecule has 142 heavy (non-hydrogen) atoms. The summed E-state index contributed by atoms with van der Waals surface area (Å²) in [5, 5.41) is 74.4. The highest BCUT2D eigenvalue weighted by molar-refractivity contribution is 5.96. The van der Waals surface area contributed by atoms with Gasteiger partial charge < -0.3 is 104 Å². The van der Waals surface area contributed by atoms with E-state index in [4.69, 9.17) is 78.3 Å². The van der Waals surface area contributed by atoms with Crippen molar-refractivity contribution in [1.29, 1.82) is 0 Å². The zero-order valence-electron chi connectivity index (χ0n) is 87.2. The number of rotatable bonds is 67. The van der Waals surface area contributed by atoms with E-state index >= 15 is 0 Å². The van der Waals surface area contributed by atoms with Crippen LogP contribution in [0.2, 0.25) is 0 Å². The quantitative estimate of drug-likeness (QED) is 0.0126. The van der Waals surface area contributed by atoms with E-state index in [1.165, 1.54) is 187 Å². The number of hydrogen-bond donors (Lipinski definition) is 9. The van der Waals surface area contributed by atoms with Gasteiger partial charge in [0.2, 0.25) is 0 Å². The molecule has 0 saturated carbocycles. The molecule has 7 aromatic carbocycles. The third-order valence-corrected chi connectivity index (χ3v) is 24.7. The number of hydrogen-bond acceptors (Lipinski definition) is 27. The van der Waals surface area contributed by atoms with Crippen molar-refractivity contribution >= 4 is 5.78 Å². The standard InChI is InChI=1S/C18H31NO4.C18H29NO3.C17H27NO3.2C16H25NO3.C16H25NO2.C14H23NO2/c20-14-12-19(13-15-21)11-7-3-1-2-4-8-16-23-18-10-6-5-9-17(18)22;20-17-9-5-6-10-18(17)22-14-8-4-2-1-3-7-11-19-12-15-21-16-13-19;19-16-8-4-5-9-17(16)21-13-7-3-1-2-6-10-18-11-14-20-15-12-18;18-15-7-3-4-8-16(15)20-12-6-2-1-5-9-17-10-13-19-14-11-17;18-15-5-7-16(8-6-15)20-12-4-2-1-3-9-17-10-13-19-14-11-17;1-14(18)15-10-6-7-11-16(15)19-13-9-5-4-8-12-17(2)3;15-11-5-3-1-2-4-6-12-17-14-9-7-13(16)8-10-14/h5-6,9-10,20-22H,1-4,7-8,11-16H2;5-6,9-10,20H,1-4,7-8,11-16H2;4-5,8-9,19H,1-3,6-7,10-15H2;3-4,7-8,18H,1-2,5-6,9-14H2;5-8,18H,1-4,9-14H2;6-7,10-11H,4-5,8-9,12-13H2,1-3H3;7-10,16H,1-6,11-12,15H2. The van der Waals surface area contributed by atoms with Crippen molar-refractivity contribution in [3.8, 4) is 74.7 Å². The Hall–Kier alpha value is -8.91. The minimum absolute atomic E-state index is 0.0570. The van der Waals surface area contributed by atoms with Crippen molar-refractivity contribution in [2.45, 2.75) is 232 Å². The molecule has 4 fully saturated rings. The van der Waals surface area contributed by atoms with Gasteiger partial charge in [0, 0.05) is 65.4 Å². The lowest BCUT2D eigenvalue weighted by Crippen LogP contribution is -2.36. The Labute approximate surface area is 853 Å². The van der Waals surface area contributed by atoms with E-state index in [2.05, 4.69) is 43.5 Å². The van der Waals surface area contributed by atoms with Crippen molar-refractivity contribution in [2.75, 3.05) is 238 Å². The molecule has 4 aliphatic rings. The zero-order chi connectivity index (χ0) is 101. The molecular weight excluding hydrogens is 1800 g/mol. The zero-order valence-corrected chi connectivity index (χ0v) is 87.2. The number of aromatic hydroxyl groups is 6. The monoisotopic (exact) mass is 1980 g/mol. The van der Waals surface area contributed by atoms with Gasteiger partial charge in [-0.1, -0.05) is 196 Å². The van der Waals surface area contributed by atoms with Crippen molar-refractivity contribution in [3.63, 3.8) is 0 Å². The van der Waals surface area contributed by atoms with E-state index in [1.54, 1.807) is 128 Å². The van der Waals surface area contributed by atoms with Gasteiger partial charge in [-0.3, -0.25) is 29.3 Å². The van der Waals surface area contributed by atoms with Crippen LogP contribution in [-0.4, -0.2) is 314 Å². The van der Waals surface area contributed by atoms with Crippen LogP contribution in [0.15, 0.2) is 170 Å². The Kier molecular flexibility index (Phi) is 75.2. The molecule has 0 unspecified atom stereocenters. The summed E-state index contributed by atoms with van der Waals surface area (Å²) in [6.07, 6.45) is 41.7. The van der Waals surface area contributed by atoms with Gasteiger partial charge >= 0.3 is 0 Å². The average molecular weight is 1990 g/mol. The number of phenols is 6. The van der Waals surface area contributed by atoms with E-state index in [1.807, 2.05) is 48.5 Å². The van der Waals surface area contributed by atoms with Crippen LogP contribution in [0.1, 0.15) is 242 Å². The number of benzene rings is 7. The molecular formula is C115H185N7O20. The summed E-state index contributed by atoms with van der Waals surface area (Å²) in [4.78, 5) is 25.7. The Balaban J connectivity index is 0.000000292. The highest BCUT2D eigenvalue weighted by atomic mass is 16.5. The number of aliphatic hydroxyl groups excluding tert-OH is 2. The van der Waals surface area contributed by atoms with Gasteiger partial charge in [-0.25, -0.2) is 0 Å². The predicted molar refractivity (Wildman–Crippen MR) is 572 cm³/mol. The third kappa shape index (κ3) is 66.2. The molecule has 4 aliphatic heterocycles. The molecule has 0 bridgehead atoms. The van der Waals surface area contributed by atoms with Gasteiger partial charge in [0.15, 0.2) is 51.8 Å². The summed E-state index contributed by atoms with van der Waals surface area (Å²) in [5.41, 5.74) is 6.10. The second-order valence-corrected chi connectivity index (χ2v) is 36.9. The van der Waals surface area contributed by atoms with Crippen molar-refractivity contribution in [2.24, 2.45) is 5.73 Å².